The summed E-state index contributed by atoms with van der Waals surface area (Å²) < 4.78 is 10.8. The summed E-state index contributed by atoms with van der Waals surface area (Å²) >= 11 is 6.06. The fourth-order valence-electron chi connectivity index (χ4n) is 1.68. The zero-order valence-electron chi connectivity index (χ0n) is 10.3. The van der Waals surface area contributed by atoms with Crippen molar-refractivity contribution in [2.45, 2.75) is 13.0 Å². The normalized spacial score (nSPS) is 12.4. The van der Waals surface area contributed by atoms with E-state index in [-0.39, 0.29) is 6.04 Å². The molecule has 0 aliphatic heterocycles. The molecule has 1 N–H and O–H groups in total. The fourth-order valence-corrected chi connectivity index (χ4v) is 1.86. The predicted octanol–water partition coefficient (Wildman–Crippen LogP) is 3.44. The first kappa shape index (κ1) is 12.9. The van der Waals surface area contributed by atoms with Crippen molar-refractivity contribution in [2.24, 2.45) is 0 Å². The van der Waals surface area contributed by atoms with E-state index in [4.69, 9.17) is 20.8 Å². The second-order valence-electron chi connectivity index (χ2n) is 3.96. The van der Waals surface area contributed by atoms with Crippen molar-refractivity contribution in [3.05, 3.63) is 47.1 Å². The maximum Gasteiger partial charge on any atom is 0.128 e. The van der Waals surface area contributed by atoms with E-state index in [0.29, 0.717) is 11.6 Å². The highest BCUT2D eigenvalue weighted by atomic mass is 35.5. The molecule has 2 aromatic rings. The topological polar surface area (TPSA) is 47.3 Å². The van der Waals surface area contributed by atoms with Gasteiger partial charge < -0.3 is 14.5 Å². The van der Waals surface area contributed by atoms with E-state index in [1.54, 1.807) is 19.5 Å². The number of furan rings is 1. The van der Waals surface area contributed by atoms with Gasteiger partial charge in [-0.2, -0.15) is 0 Å². The van der Waals surface area contributed by atoms with E-state index < -0.39 is 0 Å². The van der Waals surface area contributed by atoms with Gasteiger partial charge in [0.15, 0.2) is 0 Å². The Kier molecular flexibility index (Phi) is 4.23. The summed E-state index contributed by atoms with van der Waals surface area (Å²) in [6.07, 6.45) is 3.28. The van der Waals surface area contributed by atoms with Crippen LogP contribution in [0.2, 0.25) is 5.02 Å². The molecule has 0 fully saturated rings. The molecule has 0 aliphatic rings. The molecule has 0 bridgehead atoms. The van der Waals surface area contributed by atoms with Crippen LogP contribution in [-0.4, -0.2) is 18.7 Å². The van der Waals surface area contributed by atoms with Crippen LogP contribution < -0.4 is 5.32 Å². The van der Waals surface area contributed by atoms with Gasteiger partial charge in [0.25, 0.3) is 0 Å². The van der Waals surface area contributed by atoms with Crippen molar-refractivity contribution in [3.8, 4) is 0 Å². The van der Waals surface area contributed by atoms with Crippen LogP contribution in [0.4, 0.5) is 5.69 Å². The lowest BCUT2D eigenvalue weighted by atomic mass is 10.2. The largest absolute Gasteiger partial charge is 0.464 e. The van der Waals surface area contributed by atoms with E-state index in [1.165, 1.54) is 0 Å². The molecule has 96 valence electrons. The minimum absolute atomic E-state index is 0.0800. The molecule has 4 nitrogen and oxygen atoms in total. The van der Waals surface area contributed by atoms with E-state index in [0.717, 1.165) is 17.2 Å². The Hall–Kier alpha value is -1.52. The van der Waals surface area contributed by atoms with Gasteiger partial charge in [0.05, 0.1) is 17.3 Å². The number of rotatable bonds is 5. The summed E-state index contributed by atoms with van der Waals surface area (Å²) in [5, 5.41) is 3.86. The Labute approximate surface area is 111 Å². The monoisotopic (exact) mass is 266 g/mol. The van der Waals surface area contributed by atoms with Crippen LogP contribution in [0.15, 0.2) is 35.0 Å². The summed E-state index contributed by atoms with van der Waals surface area (Å²) in [4.78, 5) is 3.95. The Bertz CT molecular complexity index is 513. The Morgan fingerprint density at radius 1 is 1.44 bits per heavy atom. The molecule has 0 amide bonds. The number of ether oxygens (including phenoxy) is 1. The lowest BCUT2D eigenvalue weighted by molar-refractivity contribution is 0.178. The van der Waals surface area contributed by atoms with E-state index in [9.17, 15) is 0 Å². The first-order valence-corrected chi connectivity index (χ1v) is 6.00. The highest BCUT2D eigenvalue weighted by Gasteiger charge is 2.16. The molecular formula is C13H15ClN2O2. The van der Waals surface area contributed by atoms with Crippen molar-refractivity contribution >= 4 is 17.3 Å². The molecule has 0 saturated heterocycles. The zero-order valence-corrected chi connectivity index (χ0v) is 11.1. The molecule has 0 radical (unpaired) electrons. The molecule has 2 heterocycles. The number of hydrogen-bond acceptors (Lipinski definition) is 4. The van der Waals surface area contributed by atoms with Gasteiger partial charge in [-0.3, -0.25) is 4.98 Å². The third kappa shape index (κ3) is 3.03. The Morgan fingerprint density at radius 3 is 2.89 bits per heavy atom. The first-order valence-electron chi connectivity index (χ1n) is 5.62. The van der Waals surface area contributed by atoms with Crippen LogP contribution >= 0.6 is 11.6 Å². The molecule has 2 aromatic heterocycles. The minimum atomic E-state index is -0.0800. The SMILES string of the molecule is COC[C@H](Nc1ccncc1Cl)c1ccc(C)o1. The molecule has 18 heavy (non-hydrogen) atoms. The van der Waals surface area contributed by atoms with Crippen LogP contribution in [0.1, 0.15) is 17.6 Å². The minimum Gasteiger partial charge on any atom is -0.464 e. The van der Waals surface area contributed by atoms with E-state index in [2.05, 4.69) is 10.3 Å². The van der Waals surface area contributed by atoms with Crippen LogP contribution in [0.5, 0.6) is 0 Å². The number of methoxy groups -OCH3 is 1. The van der Waals surface area contributed by atoms with Crippen molar-refractivity contribution in [2.75, 3.05) is 19.0 Å². The summed E-state index contributed by atoms with van der Waals surface area (Å²) in [6.45, 7) is 2.40. The van der Waals surface area contributed by atoms with Crippen LogP contribution in [0.25, 0.3) is 0 Å². The van der Waals surface area contributed by atoms with E-state index >= 15 is 0 Å². The van der Waals surface area contributed by atoms with Crippen molar-refractivity contribution < 1.29 is 9.15 Å². The van der Waals surface area contributed by atoms with Gasteiger partial charge in [-0.25, -0.2) is 0 Å². The van der Waals surface area contributed by atoms with Crippen LogP contribution in [-0.2, 0) is 4.74 Å². The highest BCUT2D eigenvalue weighted by molar-refractivity contribution is 6.33. The number of halogens is 1. The maximum atomic E-state index is 6.06. The standard InChI is InChI=1S/C13H15ClN2O2/c1-9-3-4-13(18-9)12(8-17-2)16-11-5-6-15-7-10(11)14/h3-7,12H,8H2,1-2H3,(H,15,16)/t12-/m0/s1. The third-order valence-corrected chi connectivity index (χ3v) is 2.84. The Morgan fingerprint density at radius 2 is 2.28 bits per heavy atom. The number of nitrogens with zero attached hydrogens (tertiary/aromatic N) is 1. The molecule has 0 aliphatic carbocycles. The molecule has 0 spiro atoms. The fraction of sp³-hybridized carbons (Fsp3) is 0.308. The number of nitrogens with one attached hydrogen (secondary N) is 1. The average molecular weight is 267 g/mol. The van der Waals surface area contributed by atoms with Gasteiger partial charge in [0.2, 0.25) is 0 Å². The second-order valence-corrected chi connectivity index (χ2v) is 4.36. The summed E-state index contributed by atoms with van der Waals surface area (Å²) in [5.41, 5.74) is 0.808. The molecular weight excluding hydrogens is 252 g/mol. The summed E-state index contributed by atoms with van der Waals surface area (Å²) in [6, 6.07) is 5.60. The lowest BCUT2D eigenvalue weighted by Gasteiger charge is -2.17. The third-order valence-electron chi connectivity index (χ3n) is 2.54. The van der Waals surface area contributed by atoms with Gasteiger partial charge in [0.1, 0.15) is 17.6 Å². The number of aromatic nitrogens is 1. The molecule has 2 rings (SSSR count). The van der Waals surface area contributed by atoms with E-state index in [1.807, 2.05) is 25.1 Å². The van der Waals surface area contributed by atoms with Crippen molar-refractivity contribution in [1.29, 1.82) is 0 Å². The molecule has 1 atom stereocenters. The van der Waals surface area contributed by atoms with Gasteiger partial charge in [-0.1, -0.05) is 11.6 Å². The maximum absolute atomic E-state index is 6.06. The molecule has 0 saturated carbocycles. The molecule has 0 aromatic carbocycles. The van der Waals surface area contributed by atoms with Gasteiger partial charge in [-0.05, 0) is 25.1 Å². The summed E-state index contributed by atoms with van der Waals surface area (Å²) in [5.74, 6) is 1.69. The average Bonchev–Trinajstić information content (AvgIpc) is 2.78. The first-order chi connectivity index (χ1) is 8.70. The second kappa shape index (κ2) is 5.89. The number of pyridine rings is 1. The molecule has 5 heteroatoms. The van der Waals surface area contributed by atoms with Crippen molar-refractivity contribution in [3.63, 3.8) is 0 Å². The number of aryl methyl sites for hydroxylation is 1. The van der Waals surface area contributed by atoms with Crippen LogP contribution in [0, 0.1) is 6.92 Å². The highest BCUT2D eigenvalue weighted by Crippen LogP contribution is 2.26. The van der Waals surface area contributed by atoms with Gasteiger partial charge in [0, 0.05) is 19.5 Å². The van der Waals surface area contributed by atoms with Gasteiger partial charge in [-0.15, -0.1) is 0 Å². The quantitative estimate of drug-likeness (QED) is 0.901. The zero-order chi connectivity index (χ0) is 13.0. The molecule has 0 unspecified atom stereocenters. The summed E-state index contributed by atoms with van der Waals surface area (Å²) in [7, 11) is 1.65. The predicted molar refractivity (Wildman–Crippen MR) is 70.9 cm³/mol. The smallest absolute Gasteiger partial charge is 0.128 e. The Balaban J connectivity index is 2.19. The number of hydrogen-bond donors (Lipinski definition) is 1. The number of anilines is 1. The lowest BCUT2D eigenvalue weighted by Crippen LogP contribution is -2.15. The van der Waals surface area contributed by atoms with Crippen LogP contribution in [0.3, 0.4) is 0 Å². The van der Waals surface area contributed by atoms with Crippen molar-refractivity contribution in [1.82, 2.24) is 4.98 Å². The van der Waals surface area contributed by atoms with Gasteiger partial charge >= 0.3 is 0 Å².